The van der Waals surface area contributed by atoms with Crippen LogP contribution in [0.4, 0.5) is 5.69 Å². The van der Waals surface area contributed by atoms with Crippen LogP contribution in [0.1, 0.15) is 68.2 Å². The third kappa shape index (κ3) is 6.32. The van der Waals surface area contributed by atoms with Crippen molar-refractivity contribution in [2.24, 2.45) is 0 Å². The number of benzene rings is 4. The van der Waals surface area contributed by atoms with Crippen molar-refractivity contribution in [2.75, 3.05) is 5.01 Å². The molecule has 0 saturated heterocycles. The number of nitrogens with zero attached hydrogens (tertiary/aromatic N) is 1. The van der Waals surface area contributed by atoms with E-state index in [1.807, 2.05) is 0 Å². The van der Waals surface area contributed by atoms with E-state index >= 15 is 0 Å². The number of unbranched alkanes of at least 4 members (excludes halogenated alkanes) is 5. The molecule has 0 fully saturated rings. The summed E-state index contributed by atoms with van der Waals surface area (Å²) < 4.78 is 0. The summed E-state index contributed by atoms with van der Waals surface area (Å²) in [5.41, 5.74) is 12.4. The molecule has 5 rings (SSSR count). The van der Waals surface area contributed by atoms with Crippen LogP contribution < -0.4 is 10.4 Å². The van der Waals surface area contributed by atoms with Crippen LogP contribution in [0.25, 0.3) is 16.8 Å². The lowest BCUT2D eigenvalue weighted by Gasteiger charge is -2.27. The lowest BCUT2D eigenvalue weighted by molar-refractivity contribution is 0.607. The summed E-state index contributed by atoms with van der Waals surface area (Å²) in [5, 5.41) is 2.28. The van der Waals surface area contributed by atoms with Crippen LogP contribution in [0.3, 0.4) is 0 Å². The van der Waals surface area contributed by atoms with E-state index < -0.39 is 0 Å². The minimum absolute atomic E-state index is 0.134. The van der Waals surface area contributed by atoms with Gasteiger partial charge < -0.3 is 0 Å². The highest BCUT2D eigenvalue weighted by molar-refractivity contribution is 5.74. The Labute approximate surface area is 222 Å². The molecule has 1 atom stereocenters. The van der Waals surface area contributed by atoms with E-state index in [0.29, 0.717) is 0 Å². The lowest BCUT2D eigenvalue weighted by Crippen LogP contribution is -2.33. The zero-order valence-corrected chi connectivity index (χ0v) is 21.9. The maximum absolute atomic E-state index is 3.70. The van der Waals surface area contributed by atoms with Crippen LogP contribution in [-0.2, 0) is 6.42 Å². The zero-order valence-electron chi connectivity index (χ0n) is 21.9. The Morgan fingerprint density at radius 3 is 1.89 bits per heavy atom. The Morgan fingerprint density at radius 1 is 0.595 bits per heavy atom. The zero-order chi connectivity index (χ0) is 25.3. The van der Waals surface area contributed by atoms with Crippen LogP contribution in [0.2, 0.25) is 0 Å². The van der Waals surface area contributed by atoms with Gasteiger partial charge in [0.05, 0.1) is 17.4 Å². The Kier molecular flexibility index (Phi) is 8.38. The van der Waals surface area contributed by atoms with Gasteiger partial charge in [0.25, 0.3) is 0 Å². The topological polar surface area (TPSA) is 15.3 Å². The van der Waals surface area contributed by atoms with E-state index in [9.17, 15) is 0 Å². The number of hydrazine groups is 1. The third-order valence-corrected chi connectivity index (χ3v) is 7.32. The van der Waals surface area contributed by atoms with Crippen molar-refractivity contribution in [3.8, 4) is 11.1 Å². The molecule has 1 unspecified atom stereocenters. The number of anilines is 1. The summed E-state index contributed by atoms with van der Waals surface area (Å²) in [6, 6.07) is 39.4. The average molecular weight is 487 g/mol. The molecular formula is C35H38N2. The number of para-hydroxylation sites is 1. The maximum atomic E-state index is 3.70. The second-order valence-electron chi connectivity index (χ2n) is 10.0. The molecule has 4 aromatic rings. The smallest absolute Gasteiger partial charge is 0.0958 e. The van der Waals surface area contributed by atoms with E-state index in [-0.39, 0.29) is 6.04 Å². The van der Waals surface area contributed by atoms with Gasteiger partial charge in [0.15, 0.2) is 0 Å². The van der Waals surface area contributed by atoms with E-state index in [4.69, 9.17) is 0 Å². The summed E-state index contributed by atoms with van der Waals surface area (Å²) in [6.07, 6.45) is 11.6. The Bertz CT molecular complexity index is 1260. The predicted molar refractivity (Wildman–Crippen MR) is 158 cm³/mol. The maximum Gasteiger partial charge on any atom is 0.0958 e. The van der Waals surface area contributed by atoms with Crippen molar-refractivity contribution in [3.05, 3.63) is 132 Å². The van der Waals surface area contributed by atoms with Gasteiger partial charge in [-0.2, -0.15) is 0 Å². The molecule has 0 amide bonds. The van der Waals surface area contributed by atoms with Gasteiger partial charge in [-0.05, 0) is 58.9 Å². The summed E-state index contributed by atoms with van der Waals surface area (Å²) in [4.78, 5) is 0. The van der Waals surface area contributed by atoms with Crippen molar-refractivity contribution in [1.82, 2.24) is 5.43 Å². The number of rotatable bonds is 11. The first-order valence-corrected chi connectivity index (χ1v) is 13.9. The van der Waals surface area contributed by atoms with Gasteiger partial charge >= 0.3 is 0 Å². The molecule has 0 spiro atoms. The summed E-state index contributed by atoms with van der Waals surface area (Å²) >= 11 is 0. The van der Waals surface area contributed by atoms with Gasteiger partial charge in [0.1, 0.15) is 0 Å². The van der Waals surface area contributed by atoms with Crippen LogP contribution in [-0.4, -0.2) is 0 Å². The molecule has 1 heterocycles. The predicted octanol–water partition coefficient (Wildman–Crippen LogP) is 9.36. The highest BCUT2D eigenvalue weighted by Gasteiger charge is 2.27. The van der Waals surface area contributed by atoms with Gasteiger partial charge in [-0.15, -0.1) is 0 Å². The number of hydrogen-bond donors (Lipinski definition) is 1. The van der Waals surface area contributed by atoms with Crippen molar-refractivity contribution in [3.63, 3.8) is 0 Å². The van der Waals surface area contributed by atoms with Crippen LogP contribution in [0.15, 0.2) is 115 Å². The molecule has 0 aliphatic carbocycles. The first kappa shape index (κ1) is 24.9. The summed E-state index contributed by atoms with van der Waals surface area (Å²) in [6.45, 7) is 2.28. The van der Waals surface area contributed by atoms with E-state index in [0.717, 1.165) is 11.4 Å². The van der Waals surface area contributed by atoms with Gasteiger partial charge in [0.2, 0.25) is 0 Å². The molecule has 2 nitrogen and oxygen atoms in total. The summed E-state index contributed by atoms with van der Waals surface area (Å²) in [5.74, 6) is 0. The number of hydrogen-bond acceptors (Lipinski definition) is 2. The molecule has 0 aromatic heterocycles. The molecular weight excluding hydrogens is 448 g/mol. The third-order valence-electron chi connectivity index (χ3n) is 7.32. The second-order valence-corrected chi connectivity index (χ2v) is 10.0. The minimum Gasteiger partial charge on any atom is -0.297 e. The standard InChI is InChI=1S/C35H38N2/c1-2-3-4-5-6-9-14-28-19-21-32(22-20-28)35-27-34(36-37(35)33-17-12-8-13-18-33)31-25-23-30(24-26-31)29-15-10-7-11-16-29/h7-8,10-13,15-27,35-36H,2-6,9,14H2,1H3. The van der Waals surface area contributed by atoms with Gasteiger partial charge in [-0.3, -0.25) is 10.4 Å². The molecule has 1 aliphatic heterocycles. The number of nitrogens with one attached hydrogen (secondary N) is 1. The van der Waals surface area contributed by atoms with E-state index in [1.165, 1.54) is 72.8 Å². The molecule has 0 radical (unpaired) electrons. The van der Waals surface area contributed by atoms with Crippen molar-refractivity contribution < 1.29 is 0 Å². The minimum atomic E-state index is 0.134. The van der Waals surface area contributed by atoms with Crippen molar-refractivity contribution >= 4 is 11.4 Å². The van der Waals surface area contributed by atoms with E-state index in [1.54, 1.807) is 0 Å². The SMILES string of the molecule is CCCCCCCCc1ccc(C2C=C(c3ccc(-c4ccccc4)cc3)NN2c2ccccc2)cc1. The molecule has 188 valence electrons. The molecule has 1 aliphatic rings. The Hall–Kier alpha value is -3.78. The Morgan fingerprint density at radius 2 is 1.19 bits per heavy atom. The quantitative estimate of drug-likeness (QED) is 0.212. The van der Waals surface area contributed by atoms with E-state index in [2.05, 4.69) is 133 Å². The van der Waals surface area contributed by atoms with Crippen LogP contribution >= 0.6 is 0 Å². The first-order valence-electron chi connectivity index (χ1n) is 13.9. The molecule has 1 N–H and O–H groups in total. The fraction of sp³-hybridized carbons (Fsp3) is 0.257. The molecule has 0 bridgehead atoms. The second kappa shape index (κ2) is 12.5. The summed E-state index contributed by atoms with van der Waals surface area (Å²) in [7, 11) is 0. The molecule has 37 heavy (non-hydrogen) atoms. The number of aryl methyl sites for hydroxylation is 1. The fourth-order valence-electron chi connectivity index (χ4n) is 5.15. The van der Waals surface area contributed by atoms with Gasteiger partial charge in [-0.1, -0.05) is 136 Å². The lowest BCUT2D eigenvalue weighted by atomic mass is 9.99. The van der Waals surface area contributed by atoms with Crippen LogP contribution in [0.5, 0.6) is 0 Å². The average Bonchev–Trinajstić information content (AvgIpc) is 3.42. The fourth-order valence-corrected chi connectivity index (χ4v) is 5.15. The first-order chi connectivity index (χ1) is 18.3. The molecule has 2 heteroatoms. The Balaban J connectivity index is 1.32. The van der Waals surface area contributed by atoms with Crippen LogP contribution in [0, 0.1) is 0 Å². The highest BCUT2D eigenvalue weighted by Crippen LogP contribution is 2.35. The molecule has 4 aromatic carbocycles. The van der Waals surface area contributed by atoms with Gasteiger partial charge in [-0.25, -0.2) is 0 Å². The molecule has 0 saturated carbocycles. The highest BCUT2D eigenvalue weighted by atomic mass is 15.5. The largest absolute Gasteiger partial charge is 0.297 e. The van der Waals surface area contributed by atoms with Crippen molar-refractivity contribution in [2.45, 2.75) is 57.9 Å². The van der Waals surface area contributed by atoms with Crippen molar-refractivity contribution in [1.29, 1.82) is 0 Å². The monoisotopic (exact) mass is 486 g/mol. The van der Waals surface area contributed by atoms with Gasteiger partial charge in [0, 0.05) is 0 Å². The normalized spacial score (nSPS) is 14.9.